The molecule has 1 aliphatic carbocycles. The third kappa shape index (κ3) is 6.90. The molecule has 3 fully saturated rings. The monoisotopic (exact) mass is 408 g/mol. The van der Waals surface area contributed by atoms with Gasteiger partial charge in [-0.15, -0.1) is 6.58 Å². The Morgan fingerprint density at radius 3 is 2.45 bits per heavy atom. The van der Waals surface area contributed by atoms with Crippen molar-refractivity contribution in [2.75, 3.05) is 13.2 Å². The van der Waals surface area contributed by atoms with Gasteiger partial charge in [0.2, 0.25) is 0 Å². The summed E-state index contributed by atoms with van der Waals surface area (Å²) >= 11 is 0. The van der Waals surface area contributed by atoms with Crippen LogP contribution in [0, 0.1) is 11.8 Å². The molecule has 7 atom stereocenters. The SMILES string of the molecule is C=CC[C@H]1[C@@H](O)CC(OC2CCCCO2)[C@@H]1/C=C/[C@H](CCC)OC1CCCCO1. The summed E-state index contributed by atoms with van der Waals surface area (Å²) in [6.07, 6.45) is 15.6. The minimum atomic E-state index is -0.372. The second kappa shape index (κ2) is 12.2. The van der Waals surface area contributed by atoms with Gasteiger partial charge < -0.3 is 24.1 Å². The zero-order valence-electron chi connectivity index (χ0n) is 18.0. The molecule has 2 saturated heterocycles. The van der Waals surface area contributed by atoms with Crippen molar-refractivity contribution < 1.29 is 24.1 Å². The van der Waals surface area contributed by atoms with E-state index in [-0.39, 0.29) is 42.7 Å². The van der Waals surface area contributed by atoms with E-state index in [1.165, 1.54) is 6.42 Å². The minimum absolute atomic E-state index is 0.0255. The summed E-state index contributed by atoms with van der Waals surface area (Å²) in [5.41, 5.74) is 0. The summed E-state index contributed by atoms with van der Waals surface area (Å²) in [6.45, 7) is 7.63. The van der Waals surface area contributed by atoms with Crippen LogP contribution >= 0.6 is 0 Å². The van der Waals surface area contributed by atoms with Crippen molar-refractivity contribution in [2.24, 2.45) is 11.8 Å². The van der Waals surface area contributed by atoms with Crippen LogP contribution in [0.3, 0.4) is 0 Å². The first-order valence-electron chi connectivity index (χ1n) is 11.7. The maximum Gasteiger partial charge on any atom is 0.158 e. The molecule has 29 heavy (non-hydrogen) atoms. The van der Waals surface area contributed by atoms with Gasteiger partial charge in [-0.3, -0.25) is 0 Å². The lowest BCUT2D eigenvalue weighted by Crippen LogP contribution is -2.31. The maximum absolute atomic E-state index is 10.7. The summed E-state index contributed by atoms with van der Waals surface area (Å²) in [5.74, 6) is 0.273. The third-order valence-corrected chi connectivity index (χ3v) is 6.38. The summed E-state index contributed by atoms with van der Waals surface area (Å²) in [6, 6.07) is 0. The molecule has 5 heteroatoms. The van der Waals surface area contributed by atoms with Crippen molar-refractivity contribution in [1.82, 2.24) is 0 Å². The predicted molar refractivity (Wildman–Crippen MR) is 113 cm³/mol. The Labute approximate surface area is 176 Å². The topological polar surface area (TPSA) is 57.2 Å². The molecule has 3 unspecified atom stereocenters. The average Bonchev–Trinajstić information content (AvgIpc) is 3.02. The van der Waals surface area contributed by atoms with Crippen LogP contribution in [0.4, 0.5) is 0 Å². The van der Waals surface area contributed by atoms with Gasteiger partial charge in [0, 0.05) is 25.6 Å². The van der Waals surface area contributed by atoms with E-state index in [9.17, 15) is 5.11 Å². The molecule has 2 heterocycles. The number of allylic oxidation sites excluding steroid dienone is 1. The molecule has 2 aliphatic heterocycles. The Hall–Kier alpha value is -0.720. The van der Waals surface area contributed by atoms with Crippen molar-refractivity contribution in [1.29, 1.82) is 0 Å². The van der Waals surface area contributed by atoms with Crippen molar-refractivity contribution in [3.8, 4) is 0 Å². The van der Waals surface area contributed by atoms with Gasteiger partial charge in [0.25, 0.3) is 0 Å². The van der Waals surface area contributed by atoms with E-state index in [0.717, 1.165) is 64.6 Å². The lowest BCUT2D eigenvalue weighted by atomic mass is 9.89. The van der Waals surface area contributed by atoms with Gasteiger partial charge in [0.05, 0.1) is 18.3 Å². The van der Waals surface area contributed by atoms with E-state index in [2.05, 4.69) is 25.7 Å². The molecule has 0 aromatic rings. The fourth-order valence-electron chi connectivity index (χ4n) is 4.80. The molecule has 166 valence electrons. The van der Waals surface area contributed by atoms with Gasteiger partial charge in [-0.2, -0.15) is 0 Å². The molecule has 0 spiro atoms. The van der Waals surface area contributed by atoms with Crippen molar-refractivity contribution in [3.63, 3.8) is 0 Å². The molecular formula is C24H40O5. The van der Waals surface area contributed by atoms with Gasteiger partial charge in [-0.25, -0.2) is 0 Å². The molecule has 3 rings (SSSR count). The largest absolute Gasteiger partial charge is 0.393 e. The highest BCUT2D eigenvalue weighted by Crippen LogP contribution is 2.39. The first-order valence-corrected chi connectivity index (χ1v) is 11.7. The van der Waals surface area contributed by atoms with E-state index >= 15 is 0 Å². The fraction of sp³-hybridized carbons (Fsp3) is 0.833. The lowest BCUT2D eigenvalue weighted by molar-refractivity contribution is -0.193. The van der Waals surface area contributed by atoms with Crippen molar-refractivity contribution in [3.05, 3.63) is 24.8 Å². The van der Waals surface area contributed by atoms with E-state index in [0.29, 0.717) is 6.42 Å². The molecule has 1 N–H and O–H groups in total. The normalized spacial score (nSPS) is 37.0. The number of aliphatic hydroxyl groups is 1. The number of rotatable bonds is 10. The molecule has 0 aromatic carbocycles. The lowest BCUT2D eigenvalue weighted by Gasteiger charge is -2.29. The highest BCUT2D eigenvalue weighted by atomic mass is 16.7. The summed E-state index contributed by atoms with van der Waals surface area (Å²) in [5, 5.41) is 10.7. The second-order valence-electron chi connectivity index (χ2n) is 8.68. The van der Waals surface area contributed by atoms with Crippen LogP contribution in [-0.4, -0.2) is 49.2 Å². The van der Waals surface area contributed by atoms with Crippen LogP contribution in [0.2, 0.25) is 0 Å². The fourth-order valence-corrected chi connectivity index (χ4v) is 4.80. The Morgan fingerprint density at radius 1 is 1.10 bits per heavy atom. The first-order chi connectivity index (χ1) is 14.2. The zero-order chi connectivity index (χ0) is 20.5. The third-order valence-electron chi connectivity index (χ3n) is 6.38. The smallest absolute Gasteiger partial charge is 0.158 e. The Morgan fingerprint density at radius 2 is 1.83 bits per heavy atom. The van der Waals surface area contributed by atoms with Gasteiger partial charge >= 0.3 is 0 Å². The van der Waals surface area contributed by atoms with E-state index in [4.69, 9.17) is 18.9 Å². The first kappa shape index (κ1) is 23.0. The van der Waals surface area contributed by atoms with Crippen LogP contribution in [0.5, 0.6) is 0 Å². The number of hydrogen-bond donors (Lipinski definition) is 1. The number of aliphatic hydroxyl groups excluding tert-OH is 1. The Kier molecular flexibility index (Phi) is 9.67. The van der Waals surface area contributed by atoms with Gasteiger partial charge in [-0.1, -0.05) is 31.6 Å². The predicted octanol–water partition coefficient (Wildman–Crippen LogP) is 4.74. The van der Waals surface area contributed by atoms with Gasteiger partial charge in [0.15, 0.2) is 12.6 Å². The molecule has 1 saturated carbocycles. The van der Waals surface area contributed by atoms with Crippen molar-refractivity contribution >= 4 is 0 Å². The number of hydrogen-bond acceptors (Lipinski definition) is 5. The van der Waals surface area contributed by atoms with E-state index in [1.807, 2.05) is 6.08 Å². The summed E-state index contributed by atoms with van der Waals surface area (Å²) < 4.78 is 24.1. The van der Waals surface area contributed by atoms with Crippen LogP contribution in [0.1, 0.15) is 71.1 Å². The highest BCUT2D eigenvalue weighted by molar-refractivity contribution is 5.06. The molecule has 5 nitrogen and oxygen atoms in total. The van der Waals surface area contributed by atoms with Crippen LogP contribution in [-0.2, 0) is 18.9 Å². The second-order valence-corrected chi connectivity index (χ2v) is 8.68. The average molecular weight is 409 g/mol. The van der Waals surface area contributed by atoms with Crippen molar-refractivity contribution in [2.45, 2.75) is 102 Å². The Bertz CT molecular complexity index is 495. The highest BCUT2D eigenvalue weighted by Gasteiger charge is 2.42. The molecule has 0 bridgehead atoms. The standard InChI is InChI=1S/C24H40O5/c1-3-9-18(28-23-11-5-7-15-26-23)13-14-20-19(10-4-2)21(25)17-22(20)29-24-12-6-8-16-27-24/h4,13-14,18-25H,2-3,5-12,15-17H2,1H3/b14-13+/t18-,19+,20+,21-,22?,23?,24?/m0/s1. The molecular weight excluding hydrogens is 368 g/mol. The summed E-state index contributed by atoms with van der Waals surface area (Å²) in [4.78, 5) is 0. The van der Waals surface area contributed by atoms with Crippen LogP contribution < -0.4 is 0 Å². The zero-order valence-corrected chi connectivity index (χ0v) is 18.0. The van der Waals surface area contributed by atoms with E-state index < -0.39 is 0 Å². The van der Waals surface area contributed by atoms with Crippen LogP contribution in [0.15, 0.2) is 24.8 Å². The maximum atomic E-state index is 10.7. The molecule has 3 aliphatic rings. The van der Waals surface area contributed by atoms with Crippen LogP contribution in [0.25, 0.3) is 0 Å². The minimum Gasteiger partial charge on any atom is -0.393 e. The molecule has 0 aromatic heterocycles. The number of ether oxygens (including phenoxy) is 4. The Balaban J connectivity index is 1.65. The van der Waals surface area contributed by atoms with Gasteiger partial charge in [-0.05, 0) is 57.3 Å². The molecule has 0 amide bonds. The molecule has 0 radical (unpaired) electrons. The quantitative estimate of drug-likeness (QED) is 0.529. The summed E-state index contributed by atoms with van der Waals surface area (Å²) in [7, 11) is 0. The van der Waals surface area contributed by atoms with Gasteiger partial charge in [0.1, 0.15) is 0 Å². The van der Waals surface area contributed by atoms with E-state index in [1.54, 1.807) is 0 Å².